The second-order valence-corrected chi connectivity index (χ2v) is 7.14. The van der Waals surface area contributed by atoms with Gasteiger partial charge in [0.2, 0.25) is 0 Å². The first-order valence-corrected chi connectivity index (χ1v) is 8.93. The van der Waals surface area contributed by atoms with Crippen molar-refractivity contribution in [3.63, 3.8) is 0 Å². The summed E-state index contributed by atoms with van der Waals surface area (Å²) in [6, 6.07) is 11.7. The zero-order valence-corrected chi connectivity index (χ0v) is 14.8. The molecule has 120 valence electrons. The zero-order chi connectivity index (χ0) is 15.6. The van der Waals surface area contributed by atoms with Crippen LogP contribution >= 0.6 is 0 Å². The molecule has 1 aromatic rings. The van der Waals surface area contributed by atoms with Crippen LogP contribution in [-0.2, 0) is 6.42 Å². The number of rotatable bonds is 11. The molecule has 1 nitrogen and oxygen atoms in total. The van der Waals surface area contributed by atoms with E-state index in [-0.39, 0.29) is 0 Å². The molecule has 0 saturated heterocycles. The molecule has 21 heavy (non-hydrogen) atoms. The van der Waals surface area contributed by atoms with E-state index in [1.165, 1.54) is 68.0 Å². The molecular weight excluding hydrogens is 254 g/mol. The molecule has 0 heterocycles. The average Bonchev–Trinajstić information content (AvgIpc) is 2.49. The zero-order valence-electron chi connectivity index (χ0n) is 14.8. The maximum Gasteiger partial charge on any atom is 0.0857 e. The minimum Gasteiger partial charge on any atom is -0.326 e. The summed E-state index contributed by atoms with van der Waals surface area (Å²) in [5, 5.41) is 0. The molecule has 0 bridgehead atoms. The summed E-state index contributed by atoms with van der Waals surface area (Å²) in [7, 11) is 4.82. The highest BCUT2D eigenvalue weighted by Gasteiger charge is 2.22. The van der Waals surface area contributed by atoms with Crippen LogP contribution in [-0.4, -0.2) is 31.2 Å². The molecule has 0 amide bonds. The molecule has 0 saturated carbocycles. The van der Waals surface area contributed by atoms with Gasteiger partial charge in [-0.05, 0) is 44.6 Å². The predicted octanol–water partition coefficient (Wildman–Crippen LogP) is 5.44. The Balaban J connectivity index is 2.19. The van der Waals surface area contributed by atoms with Gasteiger partial charge < -0.3 is 4.48 Å². The van der Waals surface area contributed by atoms with Gasteiger partial charge in [0.05, 0.1) is 26.7 Å². The second-order valence-electron chi connectivity index (χ2n) is 7.14. The molecule has 0 fully saturated rings. The Hall–Kier alpha value is -0.820. The molecule has 0 aromatic heterocycles. The molecule has 1 rings (SSSR count). The largest absolute Gasteiger partial charge is 0.326 e. The van der Waals surface area contributed by atoms with Crippen molar-refractivity contribution >= 4 is 0 Å². The highest BCUT2D eigenvalue weighted by atomic mass is 15.3. The number of hydrogen-bond donors (Lipinski definition) is 0. The lowest BCUT2D eigenvalue weighted by Gasteiger charge is -2.36. The Morgan fingerprint density at radius 1 is 0.905 bits per heavy atom. The van der Waals surface area contributed by atoms with Gasteiger partial charge in [0.15, 0.2) is 0 Å². The Bertz CT molecular complexity index is 355. The van der Waals surface area contributed by atoms with E-state index < -0.39 is 0 Å². The first kappa shape index (κ1) is 18.2. The Morgan fingerprint density at radius 2 is 1.62 bits per heavy atom. The SMILES string of the molecule is CCCCCCC(C)[N+](C)(C)CCCCc1ccccc1. The van der Waals surface area contributed by atoms with Crippen LogP contribution in [0.4, 0.5) is 0 Å². The van der Waals surface area contributed by atoms with Crippen LogP contribution in [0.5, 0.6) is 0 Å². The van der Waals surface area contributed by atoms with Gasteiger partial charge in [-0.25, -0.2) is 0 Å². The van der Waals surface area contributed by atoms with Crippen molar-refractivity contribution in [2.45, 2.75) is 71.3 Å². The highest BCUT2D eigenvalue weighted by Crippen LogP contribution is 2.16. The maximum atomic E-state index is 2.43. The van der Waals surface area contributed by atoms with Crippen LogP contribution in [0.3, 0.4) is 0 Å². The van der Waals surface area contributed by atoms with Gasteiger partial charge in [-0.1, -0.05) is 56.5 Å². The lowest BCUT2D eigenvalue weighted by atomic mass is 10.0. The monoisotopic (exact) mass is 290 g/mol. The average molecular weight is 291 g/mol. The van der Waals surface area contributed by atoms with Gasteiger partial charge in [0.1, 0.15) is 0 Å². The Kier molecular flexibility index (Phi) is 8.68. The van der Waals surface area contributed by atoms with E-state index in [2.05, 4.69) is 58.3 Å². The number of unbranched alkanes of at least 4 members (excludes halogenated alkanes) is 4. The van der Waals surface area contributed by atoms with E-state index in [1.54, 1.807) is 0 Å². The highest BCUT2D eigenvalue weighted by molar-refractivity contribution is 5.14. The van der Waals surface area contributed by atoms with Crippen molar-refractivity contribution in [3.8, 4) is 0 Å². The van der Waals surface area contributed by atoms with Crippen LogP contribution < -0.4 is 0 Å². The molecule has 1 aromatic carbocycles. The summed E-state index contributed by atoms with van der Waals surface area (Å²) in [6.07, 6.45) is 10.8. The van der Waals surface area contributed by atoms with Crippen LogP contribution in [0.25, 0.3) is 0 Å². The van der Waals surface area contributed by atoms with E-state index in [9.17, 15) is 0 Å². The molecule has 1 unspecified atom stereocenters. The summed E-state index contributed by atoms with van der Waals surface area (Å²) in [4.78, 5) is 0. The molecule has 1 atom stereocenters. The third-order valence-corrected chi connectivity index (χ3v) is 4.96. The quantitative estimate of drug-likeness (QED) is 0.376. The molecule has 0 aliphatic rings. The van der Waals surface area contributed by atoms with Gasteiger partial charge in [-0.3, -0.25) is 0 Å². The van der Waals surface area contributed by atoms with Gasteiger partial charge >= 0.3 is 0 Å². The van der Waals surface area contributed by atoms with Gasteiger partial charge in [-0.15, -0.1) is 0 Å². The van der Waals surface area contributed by atoms with Crippen molar-refractivity contribution in [2.75, 3.05) is 20.6 Å². The van der Waals surface area contributed by atoms with E-state index in [0.717, 1.165) is 6.04 Å². The first-order valence-electron chi connectivity index (χ1n) is 8.93. The van der Waals surface area contributed by atoms with Crippen LogP contribution in [0, 0.1) is 0 Å². The summed E-state index contributed by atoms with van der Waals surface area (Å²) in [5.41, 5.74) is 1.48. The molecule has 0 spiro atoms. The molecular formula is C20H36N+. The van der Waals surface area contributed by atoms with E-state index >= 15 is 0 Å². The van der Waals surface area contributed by atoms with Crippen LogP contribution in [0.1, 0.15) is 64.4 Å². The van der Waals surface area contributed by atoms with E-state index in [0.29, 0.717) is 0 Å². The van der Waals surface area contributed by atoms with Crippen molar-refractivity contribution in [1.82, 2.24) is 0 Å². The normalized spacial score (nSPS) is 13.3. The van der Waals surface area contributed by atoms with E-state index in [1.807, 2.05) is 0 Å². The van der Waals surface area contributed by atoms with Crippen molar-refractivity contribution in [2.24, 2.45) is 0 Å². The Labute approximate surface area is 133 Å². The maximum absolute atomic E-state index is 2.43. The fourth-order valence-corrected chi connectivity index (χ4v) is 2.93. The number of hydrogen-bond acceptors (Lipinski definition) is 0. The second kappa shape index (κ2) is 10.00. The minimum atomic E-state index is 0.790. The van der Waals surface area contributed by atoms with Crippen LogP contribution in [0.15, 0.2) is 30.3 Å². The summed E-state index contributed by atoms with van der Waals surface area (Å²) < 4.78 is 1.18. The molecule has 0 aliphatic heterocycles. The third-order valence-electron chi connectivity index (χ3n) is 4.96. The number of nitrogens with zero attached hydrogens (tertiary/aromatic N) is 1. The lowest BCUT2D eigenvalue weighted by molar-refractivity contribution is -0.913. The standard InChI is InChI=1S/C20H36N/c1-5-6-7-9-14-19(2)21(3,4)18-13-12-17-20-15-10-8-11-16-20/h8,10-11,15-16,19H,5-7,9,12-14,17-18H2,1-4H3/q+1. The lowest BCUT2D eigenvalue weighted by Crippen LogP contribution is -2.47. The molecule has 1 heteroatoms. The van der Waals surface area contributed by atoms with Crippen LogP contribution in [0.2, 0.25) is 0 Å². The minimum absolute atomic E-state index is 0.790. The Morgan fingerprint density at radius 3 is 2.29 bits per heavy atom. The van der Waals surface area contributed by atoms with Crippen molar-refractivity contribution in [3.05, 3.63) is 35.9 Å². The van der Waals surface area contributed by atoms with Gasteiger partial charge in [0.25, 0.3) is 0 Å². The smallest absolute Gasteiger partial charge is 0.0857 e. The van der Waals surface area contributed by atoms with Crippen molar-refractivity contribution in [1.29, 1.82) is 0 Å². The van der Waals surface area contributed by atoms with Gasteiger partial charge in [-0.2, -0.15) is 0 Å². The summed E-state index contributed by atoms with van der Waals surface area (Å²) in [5.74, 6) is 0. The number of benzene rings is 1. The predicted molar refractivity (Wildman–Crippen MR) is 94.6 cm³/mol. The molecule has 0 N–H and O–H groups in total. The fourth-order valence-electron chi connectivity index (χ4n) is 2.93. The number of quaternary nitrogens is 1. The van der Waals surface area contributed by atoms with Gasteiger partial charge in [0, 0.05) is 0 Å². The van der Waals surface area contributed by atoms with Crippen molar-refractivity contribution < 1.29 is 4.48 Å². The third kappa shape index (κ3) is 7.66. The fraction of sp³-hybridized carbons (Fsp3) is 0.700. The molecule has 0 aliphatic carbocycles. The topological polar surface area (TPSA) is 0 Å². The summed E-state index contributed by atoms with van der Waals surface area (Å²) in [6.45, 7) is 6.03. The molecule has 0 radical (unpaired) electrons. The summed E-state index contributed by atoms with van der Waals surface area (Å²) >= 11 is 0. The van der Waals surface area contributed by atoms with E-state index in [4.69, 9.17) is 0 Å². The first-order chi connectivity index (χ1) is 10.1. The number of aryl methyl sites for hydroxylation is 1.